The summed E-state index contributed by atoms with van der Waals surface area (Å²) < 4.78 is 68.3. The van der Waals surface area contributed by atoms with Crippen molar-refractivity contribution in [2.45, 2.75) is 68.1 Å². The smallest absolute Gasteiger partial charge is 0.416 e. The quantitative estimate of drug-likeness (QED) is 0.115. The standard InChI is InChI=1S/C34H35F5OSSi/c1-22-19-28(18-15-26(22)21-33(2,3)42(4,5)40)41-32(20-29-30(35)7-6-8-31(29)36)25-11-9-23(10-12-25)24-13-16-27(17-14-24)34(37,38)39/h6-19,32,40H,20-21H2,1-5H3. The van der Waals surface area contributed by atoms with Gasteiger partial charge in [-0.1, -0.05) is 62.4 Å². The zero-order valence-electron chi connectivity index (χ0n) is 24.3. The Bertz CT molecular complexity index is 1500. The summed E-state index contributed by atoms with van der Waals surface area (Å²) in [5.74, 6) is -1.21. The predicted octanol–water partition coefficient (Wildman–Crippen LogP) is 10.6. The van der Waals surface area contributed by atoms with Gasteiger partial charge in [-0.05, 0) is 102 Å². The molecule has 42 heavy (non-hydrogen) atoms. The van der Waals surface area contributed by atoms with Gasteiger partial charge in [-0.25, -0.2) is 8.78 Å². The summed E-state index contributed by atoms with van der Waals surface area (Å²) >= 11 is 1.51. The Morgan fingerprint density at radius 2 is 1.36 bits per heavy atom. The lowest BCUT2D eigenvalue weighted by Crippen LogP contribution is -2.40. The third kappa shape index (κ3) is 7.52. The number of aryl methyl sites for hydroxylation is 1. The molecule has 1 nitrogen and oxygen atoms in total. The molecule has 0 aliphatic rings. The molecule has 0 saturated carbocycles. The Kier molecular flexibility index (Phi) is 9.40. The maximum atomic E-state index is 14.7. The van der Waals surface area contributed by atoms with Crippen LogP contribution in [0.1, 0.15) is 46.9 Å². The molecule has 4 aromatic rings. The summed E-state index contributed by atoms with van der Waals surface area (Å²) in [6, 6.07) is 22.3. The Balaban J connectivity index is 1.63. The molecule has 222 valence electrons. The van der Waals surface area contributed by atoms with Crippen LogP contribution in [0.3, 0.4) is 0 Å². The van der Waals surface area contributed by atoms with Crippen LogP contribution in [0.2, 0.25) is 18.1 Å². The van der Waals surface area contributed by atoms with Crippen LogP contribution in [0.4, 0.5) is 22.0 Å². The van der Waals surface area contributed by atoms with Gasteiger partial charge in [0.2, 0.25) is 0 Å². The summed E-state index contributed by atoms with van der Waals surface area (Å²) in [5, 5.41) is -0.546. The number of hydrogen-bond donors (Lipinski definition) is 1. The van der Waals surface area contributed by atoms with Gasteiger partial charge in [0.15, 0.2) is 8.32 Å². The van der Waals surface area contributed by atoms with E-state index < -0.39 is 31.7 Å². The lowest BCUT2D eigenvalue weighted by Gasteiger charge is -2.35. The molecule has 1 unspecified atom stereocenters. The molecule has 0 radical (unpaired) electrons. The molecule has 8 heteroatoms. The average Bonchev–Trinajstić information content (AvgIpc) is 2.91. The maximum Gasteiger partial charge on any atom is 0.416 e. The minimum absolute atomic E-state index is 0.00652. The normalized spacial score (nSPS) is 13.3. The largest absolute Gasteiger partial charge is 0.432 e. The van der Waals surface area contributed by atoms with E-state index in [1.54, 1.807) is 0 Å². The Morgan fingerprint density at radius 1 is 0.810 bits per heavy atom. The Labute approximate surface area is 250 Å². The van der Waals surface area contributed by atoms with E-state index in [1.807, 2.05) is 50.3 Å². The highest BCUT2D eigenvalue weighted by molar-refractivity contribution is 7.99. The average molecular weight is 615 g/mol. The van der Waals surface area contributed by atoms with Gasteiger partial charge in [0.25, 0.3) is 0 Å². The fourth-order valence-electron chi connectivity index (χ4n) is 4.68. The number of halogens is 5. The van der Waals surface area contributed by atoms with Crippen LogP contribution >= 0.6 is 11.8 Å². The van der Waals surface area contributed by atoms with Gasteiger partial charge in [-0.3, -0.25) is 0 Å². The minimum atomic E-state index is -4.40. The van der Waals surface area contributed by atoms with E-state index >= 15 is 0 Å². The fourth-order valence-corrected chi connectivity index (χ4v) is 6.57. The van der Waals surface area contributed by atoms with Crippen molar-refractivity contribution in [2.24, 2.45) is 0 Å². The van der Waals surface area contributed by atoms with Gasteiger partial charge in [0, 0.05) is 15.7 Å². The van der Waals surface area contributed by atoms with Crippen LogP contribution in [-0.4, -0.2) is 13.1 Å². The van der Waals surface area contributed by atoms with Crippen molar-refractivity contribution in [1.29, 1.82) is 0 Å². The van der Waals surface area contributed by atoms with E-state index in [4.69, 9.17) is 0 Å². The molecular formula is C34H35F5OSSi. The second-order valence-electron chi connectivity index (χ2n) is 11.9. The molecule has 0 bridgehead atoms. The molecule has 4 aromatic carbocycles. The van der Waals surface area contributed by atoms with E-state index in [2.05, 4.69) is 26.0 Å². The molecule has 0 aromatic heterocycles. The summed E-state index contributed by atoms with van der Waals surface area (Å²) in [6.45, 7) is 10.1. The van der Waals surface area contributed by atoms with Crippen LogP contribution in [0.5, 0.6) is 0 Å². The maximum absolute atomic E-state index is 14.7. The van der Waals surface area contributed by atoms with Crippen LogP contribution in [-0.2, 0) is 19.0 Å². The van der Waals surface area contributed by atoms with Gasteiger partial charge < -0.3 is 4.80 Å². The van der Waals surface area contributed by atoms with Gasteiger partial charge in [-0.2, -0.15) is 13.2 Å². The highest BCUT2D eigenvalue weighted by Gasteiger charge is 2.38. The lowest BCUT2D eigenvalue weighted by molar-refractivity contribution is -0.137. The first-order valence-corrected chi connectivity index (χ1v) is 17.6. The van der Waals surface area contributed by atoms with Crippen molar-refractivity contribution in [3.63, 3.8) is 0 Å². The van der Waals surface area contributed by atoms with Crippen molar-refractivity contribution >= 4 is 20.1 Å². The molecule has 0 heterocycles. The molecule has 0 fully saturated rings. The SMILES string of the molecule is Cc1cc(SC(Cc2c(F)cccc2F)c2ccc(-c3ccc(C(F)(F)F)cc3)cc2)ccc1CC(C)(C)[Si](C)(C)O. The van der Waals surface area contributed by atoms with Crippen LogP contribution in [0.25, 0.3) is 11.1 Å². The summed E-state index contributed by atoms with van der Waals surface area (Å²) in [6.07, 6.45) is -3.55. The first kappa shape index (κ1) is 32.0. The second kappa shape index (κ2) is 12.3. The molecule has 0 saturated heterocycles. The fraction of sp³-hybridized carbons (Fsp3) is 0.294. The Morgan fingerprint density at radius 3 is 1.86 bits per heavy atom. The third-order valence-electron chi connectivity index (χ3n) is 8.16. The first-order valence-electron chi connectivity index (χ1n) is 13.7. The molecule has 0 aliphatic heterocycles. The monoisotopic (exact) mass is 614 g/mol. The molecule has 1 N–H and O–H groups in total. The van der Waals surface area contributed by atoms with Crippen LogP contribution < -0.4 is 0 Å². The zero-order chi connectivity index (χ0) is 30.9. The van der Waals surface area contributed by atoms with Crippen LogP contribution in [0.15, 0.2) is 89.8 Å². The van der Waals surface area contributed by atoms with E-state index in [9.17, 15) is 26.7 Å². The van der Waals surface area contributed by atoms with E-state index in [-0.39, 0.29) is 22.3 Å². The zero-order valence-corrected chi connectivity index (χ0v) is 26.1. The molecular weight excluding hydrogens is 580 g/mol. The third-order valence-corrected chi connectivity index (χ3v) is 12.9. The topological polar surface area (TPSA) is 20.2 Å². The number of rotatable bonds is 9. The van der Waals surface area contributed by atoms with E-state index in [0.717, 1.165) is 45.7 Å². The molecule has 1 atom stereocenters. The van der Waals surface area contributed by atoms with Crippen molar-refractivity contribution in [3.05, 3.63) is 124 Å². The number of alkyl halides is 3. The number of benzene rings is 4. The molecule has 4 rings (SSSR count). The van der Waals surface area contributed by atoms with Gasteiger partial charge in [0.05, 0.1) is 5.56 Å². The van der Waals surface area contributed by atoms with Crippen molar-refractivity contribution in [1.82, 2.24) is 0 Å². The predicted molar refractivity (Wildman–Crippen MR) is 164 cm³/mol. The summed E-state index contributed by atoms with van der Waals surface area (Å²) in [5.41, 5.74) is 3.75. The molecule has 0 amide bonds. The lowest BCUT2D eigenvalue weighted by atomic mass is 9.98. The molecule has 0 spiro atoms. The van der Waals surface area contributed by atoms with Gasteiger partial charge in [-0.15, -0.1) is 11.8 Å². The van der Waals surface area contributed by atoms with Crippen LogP contribution in [0, 0.1) is 18.6 Å². The Hall–Kier alpha value is -2.94. The summed E-state index contributed by atoms with van der Waals surface area (Å²) in [4.78, 5) is 11.7. The van der Waals surface area contributed by atoms with Gasteiger partial charge >= 0.3 is 6.18 Å². The van der Waals surface area contributed by atoms with Crippen molar-refractivity contribution in [2.75, 3.05) is 0 Å². The van der Waals surface area contributed by atoms with Gasteiger partial charge in [0.1, 0.15) is 11.6 Å². The number of thioether (sulfide) groups is 1. The number of hydrogen-bond acceptors (Lipinski definition) is 2. The minimum Gasteiger partial charge on any atom is -0.432 e. The summed E-state index contributed by atoms with van der Waals surface area (Å²) in [7, 11) is -2.40. The molecule has 0 aliphatic carbocycles. The first-order chi connectivity index (χ1) is 19.5. The second-order valence-corrected chi connectivity index (χ2v) is 17.7. The van der Waals surface area contributed by atoms with E-state index in [0.29, 0.717) is 5.56 Å². The highest BCUT2D eigenvalue weighted by Crippen LogP contribution is 2.42. The van der Waals surface area contributed by atoms with Crippen molar-refractivity contribution < 1.29 is 26.7 Å². The van der Waals surface area contributed by atoms with E-state index in [1.165, 1.54) is 42.1 Å². The van der Waals surface area contributed by atoms with Crippen molar-refractivity contribution in [3.8, 4) is 11.1 Å². The highest BCUT2D eigenvalue weighted by atomic mass is 32.2.